The van der Waals surface area contributed by atoms with Gasteiger partial charge in [0.15, 0.2) is 9.84 Å². The van der Waals surface area contributed by atoms with E-state index in [1.807, 2.05) is 13.8 Å². The number of benzene rings is 2. The van der Waals surface area contributed by atoms with Crippen molar-refractivity contribution in [1.82, 2.24) is 0 Å². The highest BCUT2D eigenvalue weighted by Gasteiger charge is 2.16. The lowest BCUT2D eigenvalue weighted by Gasteiger charge is -2.12. The summed E-state index contributed by atoms with van der Waals surface area (Å²) in [7, 11) is -3.45. The van der Waals surface area contributed by atoms with E-state index in [0.29, 0.717) is 29.0 Å². The molecule has 0 fully saturated rings. The third-order valence-corrected chi connectivity index (χ3v) is 5.11. The second kappa shape index (κ2) is 8.29. The number of ether oxygens (including phenoxy) is 1. The van der Waals surface area contributed by atoms with Gasteiger partial charge < -0.3 is 10.1 Å². The molecular formula is C18H19Cl2NO4S. The molecule has 8 heteroatoms. The third-order valence-electron chi connectivity index (χ3n) is 3.37. The maximum absolute atomic E-state index is 12.5. The Hall–Kier alpha value is -1.76. The minimum atomic E-state index is -3.45. The first-order valence-corrected chi connectivity index (χ1v) is 10.5. The van der Waals surface area contributed by atoms with Crippen LogP contribution in [0.2, 0.25) is 10.0 Å². The van der Waals surface area contributed by atoms with Gasteiger partial charge >= 0.3 is 0 Å². The van der Waals surface area contributed by atoms with Gasteiger partial charge in [0.05, 0.1) is 27.1 Å². The SMILES string of the molecule is CC(C)COc1ccc(NC(=O)c2cc(S(C)(=O)=O)ccc2Cl)cc1Cl. The highest BCUT2D eigenvalue weighted by atomic mass is 35.5. The van der Waals surface area contributed by atoms with E-state index in [9.17, 15) is 13.2 Å². The van der Waals surface area contributed by atoms with Gasteiger partial charge in [-0.3, -0.25) is 4.79 Å². The van der Waals surface area contributed by atoms with Gasteiger partial charge in [0.1, 0.15) is 5.75 Å². The molecule has 0 spiro atoms. The summed E-state index contributed by atoms with van der Waals surface area (Å²) in [6.07, 6.45) is 1.06. The van der Waals surface area contributed by atoms with Gasteiger partial charge in [0, 0.05) is 11.9 Å². The summed E-state index contributed by atoms with van der Waals surface area (Å²) in [5.74, 6) is 0.345. The highest BCUT2D eigenvalue weighted by Crippen LogP contribution is 2.29. The van der Waals surface area contributed by atoms with E-state index in [1.165, 1.54) is 18.2 Å². The lowest BCUT2D eigenvalue weighted by molar-refractivity contribution is 0.102. The summed E-state index contributed by atoms with van der Waals surface area (Å²) in [6.45, 7) is 4.58. The van der Waals surface area contributed by atoms with Crippen LogP contribution < -0.4 is 10.1 Å². The molecule has 0 aliphatic carbocycles. The van der Waals surface area contributed by atoms with Gasteiger partial charge in [-0.2, -0.15) is 0 Å². The van der Waals surface area contributed by atoms with E-state index in [4.69, 9.17) is 27.9 Å². The van der Waals surface area contributed by atoms with Gasteiger partial charge in [0.25, 0.3) is 5.91 Å². The first kappa shape index (κ1) is 20.6. The maximum Gasteiger partial charge on any atom is 0.257 e. The van der Waals surface area contributed by atoms with Gasteiger partial charge in [-0.15, -0.1) is 0 Å². The number of carbonyl (C=O) groups is 1. The number of nitrogens with one attached hydrogen (secondary N) is 1. The Bertz CT molecular complexity index is 927. The Labute approximate surface area is 163 Å². The molecule has 140 valence electrons. The predicted octanol–water partition coefficient (Wildman–Crippen LogP) is 4.68. The summed E-state index contributed by atoms with van der Waals surface area (Å²) in [6, 6.07) is 8.84. The molecule has 0 radical (unpaired) electrons. The number of amides is 1. The van der Waals surface area contributed by atoms with Gasteiger partial charge in [-0.1, -0.05) is 37.0 Å². The third kappa shape index (κ3) is 5.37. The predicted molar refractivity (Wildman–Crippen MR) is 104 cm³/mol. The van der Waals surface area contributed by atoms with Crippen molar-refractivity contribution in [3.8, 4) is 5.75 Å². The molecule has 2 aromatic rings. The highest BCUT2D eigenvalue weighted by molar-refractivity contribution is 7.90. The van der Waals surface area contributed by atoms with E-state index < -0.39 is 15.7 Å². The smallest absolute Gasteiger partial charge is 0.257 e. The number of halogens is 2. The molecule has 1 amide bonds. The quantitative estimate of drug-likeness (QED) is 0.742. The van der Waals surface area contributed by atoms with Crippen LogP contribution in [0.3, 0.4) is 0 Å². The van der Waals surface area contributed by atoms with Crippen molar-refractivity contribution in [2.24, 2.45) is 5.92 Å². The van der Waals surface area contributed by atoms with Crippen molar-refractivity contribution in [2.75, 3.05) is 18.2 Å². The molecule has 0 aliphatic heterocycles. The van der Waals surface area contributed by atoms with Crippen molar-refractivity contribution in [2.45, 2.75) is 18.7 Å². The first-order chi connectivity index (χ1) is 12.1. The average Bonchev–Trinajstić information content (AvgIpc) is 2.53. The van der Waals surface area contributed by atoms with Crippen LogP contribution in [0.5, 0.6) is 5.75 Å². The van der Waals surface area contributed by atoms with E-state index in [1.54, 1.807) is 18.2 Å². The number of hydrogen-bond donors (Lipinski definition) is 1. The standard InChI is InChI=1S/C18H19Cl2NO4S/c1-11(2)10-25-17-7-4-12(8-16(17)20)21-18(22)14-9-13(26(3,23)24)5-6-15(14)19/h4-9,11H,10H2,1-3H3,(H,21,22). The van der Waals surface area contributed by atoms with Crippen molar-refractivity contribution in [3.05, 3.63) is 52.0 Å². The van der Waals surface area contributed by atoms with Crippen molar-refractivity contribution >= 4 is 44.6 Å². The largest absolute Gasteiger partial charge is 0.492 e. The second-order valence-corrected chi connectivity index (χ2v) is 9.05. The van der Waals surface area contributed by atoms with E-state index in [2.05, 4.69) is 5.32 Å². The lowest BCUT2D eigenvalue weighted by atomic mass is 10.2. The summed E-state index contributed by atoms with van der Waals surface area (Å²) in [5.41, 5.74) is 0.503. The Morgan fingerprint density at radius 1 is 1.12 bits per heavy atom. The van der Waals surface area contributed by atoms with Crippen LogP contribution >= 0.6 is 23.2 Å². The first-order valence-electron chi connectivity index (χ1n) is 7.81. The fraction of sp³-hybridized carbons (Fsp3) is 0.278. The molecule has 2 aromatic carbocycles. The average molecular weight is 416 g/mol. The molecule has 0 saturated heterocycles. The van der Waals surface area contributed by atoms with Crippen LogP contribution in [0, 0.1) is 5.92 Å². The number of hydrogen-bond acceptors (Lipinski definition) is 4. The number of sulfone groups is 1. The zero-order valence-electron chi connectivity index (χ0n) is 14.5. The zero-order chi connectivity index (χ0) is 19.5. The minimum Gasteiger partial charge on any atom is -0.492 e. The fourth-order valence-electron chi connectivity index (χ4n) is 2.06. The van der Waals surface area contributed by atoms with Crippen molar-refractivity contribution < 1.29 is 17.9 Å². The molecule has 0 aliphatic rings. The normalized spacial score (nSPS) is 11.5. The van der Waals surface area contributed by atoms with E-state index in [0.717, 1.165) is 6.26 Å². The van der Waals surface area contributed by atoms with Crippen LogP contribution in [-0.4, -0.2) is 27.2 Å². The molecule has 0 heterocycles. The molecule has 5 nitrogen and oxygen atoms in total. The van der Waals surface area contributed by atoms with Crippen molar-refractivity contribution in [1.29, 1.82) is 0 Å². The molecule has 0 bridgehead atoms. The molecule has 0 atom stereocenters. The van der Waals surface area contributed by atoms with E-state index >= 15 is 0 Å². The van der Waals surface area contributed by atoms with Crippen LogP contribution in [0.15, 0.2) is 41.3 Å². The molecular weight excluding hydrogens is 397 g/mol. The second-order valence-electron chi connectivity index (χ2n) is 6.22. The van der Waals surface area contributed by atoms with Crippen LogP contribution in [0.1, 0.15) is 24.2 Å². The molecule has 0 unspecified atom stereocenters. The van der Waals surface area contributed by atoms with Crippen LogP contribution in [0.4, 0.5) is 5.69 Å². The summed E-state index contributed by atoms with van der Waals surface area (Å²) in [4.78, 5) is 12.5. The summed E-state index contributed by atoms with van der Waals surface area (Å²) < 4.78 is 28.9. The van der Waals surface area contributed by atoms with Crippen LogP contribution in [-0.2, 0) is 9.84 Å². The summed E-state index contributed by atoms with van der Waals surface area (Å²) in [5, 5.41) is 3.16. The Balaban J connectivity index is 2.21. The zero-order valence-corrected chi connectivity index (χ0v) is 16.9. The minimum absolute atomic E-state index is 0.0162. The number of anilines is 1. The van der Waals surface area contributed by atoms with Gasteiger partial charge in [0.2, 0.25) is 0 Å². The topological polar surface area (TPSA) is 72.5 Å². The Kier molecular flexibility index (Phi) is 6.55. The molecule has 0 saturated carbocycles. The molecule has 2 rings (SSSR count). The summed E-state index contributed by atoms with van der Waals surface area (Å²) >= 11 is 12.2. The van der Waals surface area contributed by atoms with Crippen molar-refractivity contribution in [3.63, 3.8) is 0 Å². The monoisotopic (exact) mass is 415 g/mol. The lowest BCUT2D eigenvalue weighted by Crippen LogP contribution is -2.13. The molecule has 26 heavy (non-hydrogen) atoms. The van der Waals surface area contributed by atoms with Gasteiger partial charge in [-0.05, 0) is 42.3 Å². The Morgan fingerprint density at radius 3 is 2.38 bits per heavy atom. The fourth-order valence-corrected chi connectivity index (χ4v) is 3.15. The van der Waals surface area contributed by atoms with E-state index in [-0.39, 0.29) is 15.5 Å². The molecule has 0 aromatic heterocycles. The number of carbonyl (C=O) groups excluding carboxylic acids is 1. The maximum atomic E-state index is 12.5. The van der Waals surface area contributed by atoms with Crippen LogP contribution in [0.25, 0.3) is 0 Å². The molecule has 1 N–H and O–H groups in total. The number of rotatable bonds is 6. The van der Waals surface area contributed by atoms with Gasteiger partial charge in [-0.25, -0.2) is 8.42 Å². The Morgan fingerprint density at radius 2 is 1.81 bits per heavy atom.